The van der Waals surface area contributed by atoms with Crippen LogP contribution in [0.25, 0.3) is 0 Å². The number of amides is 2. The Kier molecular flexibility index (Phi) is 5.36. The summed E-state index contributed by atoms with van der Waals surface area (Å²) in [5.41, 5.74) is 4.03. The number of nitrogens with zero attached hydrogens (tertiary/aromatic N) is 1. The summed E-state index contributed by atoms with van der Waals surface area (Å²) in [6.45, 7) is 7.50. The highest BCUT2D eigenvalue weighted by Crippen LogP contribution is 2.30. The molecule has 1 aromatic carbocycles. The Hall–Kier alpha value is -2.96. The van der Waals surface area contributed by atoms with Crippen molar-refractivity contribution in [2.45, 2.75) is 52.5 Å². The van der Waals surface area contributed by atoms with Gasteiger partial charge in [-0.3, -0.25) is 9.59 Å². The molecular weight excluding hydrogens is 361 g/mol. The van der Waals surface area contributed by atoms with Gasteiger partial charge in [-0.1, -0.05) is 12.1 Å². The van der Waals surface area contributed by atoms with Crippen molar-refractivity contribution in [2.24, 2.45) is 5.10 Å². The quantitative estimate of drug-likeness (QED) is 0.790. The number of hydrazone groups is 1. The number of rotatable bonds is 3. The van der Waals surface area contributed by atoms with E-state index in [9.17, 15) is 14.0 Å². The maximum absolute atomic E-state index is 13.8. The van der Waals surface area contributed by atoms with Gasteiger partial charge in [-0.2, -0.15) is 5.10 Å². The highest BCUT2D eigenvalue weighted by atomic mass is 19.1. The number of carbonyl (C=O) groups is 2. The minimum Gasteiger partial charge on any atom is -0.455 e. The molecule has 1 heterocycles. The molecule has 0 saturated heterocycles. The van der Waals surface area contributed by atoms with Gasteiger partial charge >= 0.3 is 0 Å². The van der Waals surface area contributed by atoms with Crippen molar-refractivity contribution in [3.63, 3.8) is 0 Å². The lowest BCUT2D eigenvalue weighted by molar-refractivity contribution is 0.0887. The van der Waals surface area contributed by atoms with Crippen LogP contribution >= 0.6 is 0 Å². The second kappa shape index (κ2) is 7.58. The lowest BCUT2D eigenvalue weighted by Crippen LogP contribution is -2.40. The van der Waals surface area contributed by atoms with E-state index in [4.69, 9.17) is 4.42 Å². The highest BCUT2D eigenvalue weighted by molar-refractivity contribution is 6.07. The molecule has 3 rings (SSSR count). The van der Waals surface area contributed by atoms with Gasteiger partial charge in [0, 0.05) is 23.1 Å². The number of furan rings is 1. The third kappa shape index (κ3) is 4.13. The van der Waals surface area contributed by atoms with E-state index in [1.54, 1.807) is 13.0 Å². The number of hydrogen-bond donors (Lipinski definition) is 2. The van der Waals surface area contributed by atoms with Gasteiger partial charge in [0.2, 0.25) is 0 Å². The van der Waals surface area contributed by atoms with E-state index >= 15 is 0 Å². The second-order valence-electron chi connectivity index (χ2n) is 7.89. The van der Waals surface area contributed by atoms with Crippen LogP contribution in [0, 0.1) is 12.7 Å². The first-order valence-electron chi connectivity index (χ1n) is 9.24. The largest absolute Gasteiger partial charge is 0.455 e. The van der Waals surface area contributed by atoms with E-state index in [1.807, 2.05) is 20.8 Å². The monoisotopic (exact) mass is 385 g/mol. The van der Waals surface area contributed by atoms with Crippen LogP contribution in [0.5, 0.6) is 0 Å². The molecule has 2 N–H and O–H groups in total. The lowest BCUT2D eigenvalue weighted by atomic mass is 9.93. The molecule has 0 bridgehead atoms. The molecule has 0 saturated carbocycles. The molecule has 148 valence electrons. The van der Waals surface area contributed by atoms with E-state index in [2.05, 4.69) is 15.8 Å². The van der Waals surface area contributed by atoms with Crippen LogP contribution in [0.2, 0.25) is 0 Å². The maximum Gasteiger partial charge on any atom is 0.287 e. The highest BCUT2D eigenvalue weighted by Gasteiger charge is 2.29. The van der Waals surface area contributed by atoms with E-state index in [1.165, 1.54) is 18.2 Å². The molecular formula is C21H24FN3O3. The van der Waals surface area contributed by atoms with Crippen molar-refractivity contribution >= 4 is 17.5 Å². The number of aryl methyl sites for hydroxylation is 1. The van der Waals surface area contributed by atoms with Crippen LogP contribution in [0.1, 0.15) is 71.4 Å². The molecule has 0 spiro atoms. The number of hydrogen-bond acceptors (Lipinski definition) is 4. The molecule has 0 unspecified atom stereocenters. The van der Waals surface area contributed by atoms with Gasteiger partial charge in [-0.15, -0.1) is 0 Å². The predicted molar refractivity (Wildman–Crippen MR) is 104 cm³/mol. The summed E-state index contributed by atoms with van der Waals surface area (Å²) in [4.78, 5) is 24.8. The van der Waals surface area contributed by atoms with Crippen LogP contribution in [-0.4, -0.2) is 23.1 Å². The first-order chi connectivity index (χ1) is 13.2. The van der Waals surface area contributed by atoms with Crippen molar-refractivity contribution in [1.82, 2.24) is 10.7 Å². The smallest absolute Gasteiger partial charge is 0.287 e. The van der Waals surface area contributed by atoms with Crippen LogP contribution in [0.4, 0.5) is 4.39 Å². The summed E-state index contributed by atoms with van der Waals surface area (Å²) in [6.07, 6.45) is 2.11. The van der Waals surface area contributed by atoms with E-state index in [0.29, 0.717) is 29.9 Å². The summed E-state index contributed by atoms with van der Waals surface area (Å²) in [5.74, 6) is -0.569. The number of fused-ring (bicyclic) bond motifs is 1. The van der Waals surface area contributed by atoms with Gasteiger partial charge in [-0.05, 0) is 52.7 Å². The van der Waals surface area contributed by atoms with Gasteiger partial charge in [0.1, 0.15) is 11.6 Å². The number of nitrogens with one attached hydrogen (secondary N) is 2. The Morgan fingerprint density at radius 3 is 2.54 bits per heavy atom. The summed E-state index contributed by atoms with van der Waals surface area (Å²) in [5, 5.41) is 7.10. The summed E-state index contributed by atoms with van der Waals surface area (Å²) in [6, 6.07) is 5.73. The minimum absolute atomic E-state index is 0.0722. The van der Waals surface area contributed by atoms with Gasteiger partial charge in [0.25, 0.3) is 11.8 Å². The Labute approximate surface area is 163 Å². The zero-order chi connectivity index (χ0) is 20.5. The lowest BCUT2D eigenvalue weighted by Gasteiger charge is -2.19. The van der Waals surface area contributed by atoms with E-state index in [0.717, 1.165) is 12.0 Å². The zero-order valence-corrected chi connectivity index (χ0v) is 16.5. The fourth-order valence-corrected chi connectivity index (χ4v) is 3.22. The Balaban J connectivity index is 1.87. The summed E-state index contributed by atoms with van der Waals surface area (Å²) in [7, 11) is 0. The topological polar surface area (TPSA) is 83.7 Å². The molecule has 2 aromatic rings. The maximum atomic E-state index is 13.8. The molecule has 1 aromatic heterocycles. The molecule has 1 aliphatic rings. The first kappa shape index (κ1) is 19.8. The fraction of sp³-hybridized carbons (Fsp3) is 0.381. The molecule has 0 fully saturated rings. The Bertz CT molecular complexity index is 954. The second-order valence-corrected chi connectivity index (χ2v) is 7.89. The van der Waals surface area contributed by atoms with Crippen molar-refractivity contribution in [1.29, 1.82) is 0 Å². The minimum atomic E-state index is -0.621. The summed E-state index contributed by atoms with van der Waals surface area (Å²) < 4.78 is 19.6. The molecule has 28 heavy (non-hydrogen) atoms. The van der Waals surface area contributed by atoms with Crippen LogP contribution in [0.15, 0.2) is 33.8 Å². The van der Waals surface area contributed by atoms with Crippen LogP contribution < -0.4 is 10.7 Å². The molecule has 6 nitrogen and oxygen atoms in total. The zero-order valence-electron chi connectivity index (χ0n) is 16.5. The average Bonchev–Trinajstić information content (AvgIpc) is 2.96. The molecule has 0 radical (unpaired) electrons. The molecule has 0 aliphatic heterocycles. The van der Waals surface area contributed by atoms with Crippen molar-refractivity contribution in [3.8, 4) is 0 Å². The first-order valence-corrected chi connectivity index (χ1v) is 9.24. The average molecular weight is 385 g/mol. The Morgan fingerprint density at radius 2 is 1.86 bits per heavy atom. The van der Waals surface area contributed by atoms with E-state index < -0.39 is 11.7 Å². The standard InChI is InChI=1S/C21H24FN3O3/c1-12-17-15(24-25-19(26)13-8-5-6-9-14(13)22)10-7-11-16(17)28-18(12)20(27)23-21(2,3)4/h5-6,8-9H,7,10-11H2,1-4H3,(H,23,27)(H,25,26)/b24-15+. The number of carbonyl (C=O) groups excluding carboxylic acids is 2. The van der Waals surface area contributed by atoms with Crippen molar-refractivity contribution in [2.75, 3.05) is 0 Å². The number of benzene rings is 1. The fourth-order valence-electron chi connectivity index (χ4n) is 3.22. The van der Waals surface area contributed by atoms with Crippen molar-refractivity contribution in [3.05, 3.63) is 58.3 Å². The molecule has 1 aliphatic carbocycles. The SMILES string of the molecule is Cc1c(C(=O)NC(C)(C)C)oc2c1/C(=N/NC(=O)c1ccccc1F)CCC2. The van der Waals surface area contributed by atoms with Gasteiger partial charge in [-0.25, -0.2) is 9.82 Å². The molecule has 0 atom stereocenters. The third-order valence-corrected chi connectivity index (χ3v) is 4.43. The molecule has 2 amide bonds. The van der Waals surface area contributed by atoms with Crippen LogP contribution in [-0.2, 0) is 6.42 Å². The van der Waals surface area contributed by atoms with E-state index in [-0.39, 0.29) is 22.8 Å². The summed E-state index contributed by atoms with van der Waals surface area (Å²) >= 11 is 0. The normalized spacial score (nSPS) is 15.2. The van der Waals surface area contributed by atoms with Gasteiger partial charge in [0.15, 0.2) is 5.76 Å². The Morgan fingerprint density at radius 1 is 1.14 bits per heavy atom. The van der Waals surface area contributed by atoms with Gasteiger partial charge in [0.05, 0.1) is 11.3 Å². The van der Waals surface area contributed by atoms with Gasteiger partial charge < -0.3 is 9.73 Å². The molecule has 7 heteroatoms. The predicted octanol–water partition coefficient (Wildman–Crippen LogP) is 3.73. The third-order valence-electron chi connectivity index (χ3n) is 4.43. The number of halogens is 1. The van der Waals surface area contributed by atoms with Crippen LogP contribution in [0.3, 0.4) is 0 Å². The van der Waals surface area contributed by atoms with Crippen molar-refractivity contribution < 1.29 is 18.4 Å².